The summed E-state index contributed by atoms with van der Waals surface area (Å²) < 4.78 is 5.80. The molecule has 1 aliphatic heterocycles. The van der Waals surface area contributed by atoms with Gasteiger partial charge in [-0.3, -0.25) is 4.90 Å². The number of likely N-dealkylation sites (N-methyl/N-ethyl adjacent to an activating group) is 1. The van der Waals surface area contributed by atoms with Gasteiger partial charge in [-0.2, -0.15) is 0 Å². The van der Waals surface area contributed by atoms with E-state index in [9.17, 15) is 0 Å². The van der Waals surface area contributed by atoms with Gasteiger partial charge in [0.25, 0.3) is 0 Å². The first-order valence-electron chi connectivity index (χ1n) is 7.56. The Bertz CT molecular complexity index is 598. The zero-order valence-corrected chi connectivity index (χ0v) is 13.1. The largest absolute Gasteiger partial charge is 0.374 e. The second-order valence-electron chi connectivity index (χ2n) is 5.52. The van der Waals surface area contributed by atoms with Gasteiger partial charge in [0.15, 0.2) is 0 Å². The number of aromatic amines is 1. The number of aromatic nitrogens is 1. The highest BCUT2D eigenvalue weighted by atomic mass is 35.5. The number of halogens is 1. The molecule has 1 atom stereocenters. The summed E-state index contributed by atoms with van der Waals surface area (Å²) in [5.41, 5.74) is 2.36. The van der Waals surface area contributed by atoms with Crippen LogP contribution in [0.4, 0.5) is 0 Å². The van der Waals surface area contributed by atoms with Crippen LogP contribution in [0, 0.1) is 0 Å². The van der Waals surface area contributed by atoms with Gasteiger partial charge in [-0.1, -0.05) is 24.6 Å². The molecule has 3 rings (SSSR count). The van der Waals surface area contributed by atoms with Crippen molar-refractivity contribution in [2.24, 2.45) is 0 Å². The maximum absolute atomic E-state index is 6.00. The van der Waals surface area contributed by atoms with Crippen molar-refractivity contribution in [2.45, 2.75) is 19.6 Å². The Morgan fingerprint density at radius 3 is 3.24 bits per heavy atom. The molecule has 0 saturated carbocycles. The van der Waals surface area contributed by atoms with Crippen LogP contribution in [0.3, 0.4) is 0 Å². The first-order chi connectivity index (χ1) is 10.3. The number of ether oxygens (including phenoxy) is 1. The van der Waals surface area contributed by atoms with E-state index in [1.54, 1.807) is 0 Å². The summed E-state index contributed by atoms with van der Waals surface area (Å²) in [5.74, 6) is 0. The van der Waals surface area contributed by atoms with Gasteiger partial charge >= 0.3 is 0 Å². The molecule has 0 amide bonds. The van der Waals surface area contributed by atoms with E-state index in [0.717, 1.165) is 49.9 Å². The van der Waals surface area contributed by atoms with E-state index < -0.39 is 0 Å². The lowest BCUT2D eigenvalue weighted by Gasteiger charge is -2.32. The molecule has 1 aromatic heterocycles. The molecule has 1 aromatic carbocycles. The van der Waals surface area contributed by atoms with E-state index >= 15 is 0 Å². The minimum absolute atomic E-state index is 0.290. The first kappa shape index (κ1) is 14.9. The normalized spacial score (nSPS) is 20.2. The molecule has 1 aliphatic rings. The van der Waals surface area contributed by atoms with Crippen LogP contribution in [0.2, 0.25) is 5.02 Å². The summed E-state index contributed by atoms with van der Waals surface area (Å²) in [6, 6.07) is 5.97. The fourth-order valence-corrected chi connectivity index (χ4v) is 3.04. The van der Waals surface area contributed by atoms with Crippen LogP contribution in [0.15, 0.2) is 24.4 Å². The van der Waals surface area contributed by atoms with Crippen LogP contribution in [-0.4, -0.2) is 48.8 Å². The second kappa shape index (κ2) is 6.79. The summed E-state index contributed by atoms with van der Waals surface area (Å²) in [5, 5.41) is 5.50. The van der Waals surface area contributed by atoms with Crippen molar-refractivity contribution in [3.8, 4) is 0 Å². The molecule has 2 heterocycles. The van der Waals surface area contributed by atoms with Crippen molar-refractivity contribution >= 4 is 22.5 Å². The average molecular weight is 308 g/mol. The quantitative estimate of drug-likeness (QED) is 0.892. The fourth-order valence-electron chi connectivity index (χ4n) is 2.86. The van der Waals surface area contributed by atoms with Crippen LogP contribution in [0.5, 0.6) is 0 Å². The molecule has 0 aliphatic carbocycles. The van der Waals surface area contributed by atoms with Crippen LogP contribution in [0.25, 0.3) is 10.9 Å². The highest BCUT2D eigenvalue weighted by molar-refractivity contribution is 6.31. The third-order valence-corrected chi connectivity index (χ3v) is 4.32. The van der Waals surface area contributed by atoms with Crippen molar-refractivity contribution in [3.63, 3.8) is 0 Å². The van der Waals surface area contributed by atoms with Crippen LogP contribution in [0.1, 0.15) is 12.5 Å². The number of morpholine rings is 1. The van der Waals surface area contributed by atoms with Gasteiger partial charge in [0.2, 0.25) is 0 Å². The molecule has 1 saturated heterocycles. The van der Waals surface area contributed by atoms with E-state index in [4.69, 9.17) is 16.3 Å². The number of nitrogens with one attached hydrogen (secondary N) is 2. The minimum atomic E-state index is 0.290. The fraction of sp³-hybridized carbons (Fsp3) is 0.500. The molecule has 21 heavy (non-hydrogen) atoms. The first-order valence-corrected chi connectivity index (χ1v) is 7.94. The lowest BCUT2D eigenvalue weighted by Crippen LogP contribution is -2.46. The SMILES string of the molecule is CCN1CCOC(CNCc2c[nH]c3cc(Cl)ccc23)C1. The molecular formula is C16H22ClN3O. The Morgan fingerprint density at radius 1 is 1.48 bits per heavy atom. The number of rotatable bonds is 5. The van der Waals surface area contributed by atoms with E-state index in [1.807, 2.05) is 18.3 Å². The zero-order chi connectivity index (χ0) is 14.7. The molecule has 1 fully saturated rings. The van der Waals surface area contributed by atoms with E-state index in [0.29, 0.717) is 6.10 Å². The van der Waals surface area contributed by atoms with Gasteiger partial charge in [0, 0.05) is 48.3 Å². The number of fused-ring (bicyclic) bond motifs is 1. The third-order valence-electron chi connectivity index (χ3n) is 4.09. The van der Waals surface area contributed by atoms with Gasteiger partial charge in [-0.25, -0.2) is 0 Å². The van der Waals surface area contributed by atoms with Gasteiger partial charge in [-0.15, -0.1) is 0 Å². The number of nitrogens with zero attached hydrogens (tertiary/aromatic N) is 1. The van der Waals surface area contributed by atoms with Crippen LogP contribution in [-0.2, 0) is 11.3 Å². The number of H-pyrrole nitrogens is 1. The van der Waals surface area contributed by atoms with Crippen LogP contribution >= 0.6 is 11.6 Å². The Morgan fingerprint density at radius 2 is 2.38 bits per heavy atom. The van der Waals surface area contributed by atoms with Crippen molar-refractivity contribution in [1.82, 2.24) is 15.2 Å². The molecule has 4 nitrogen and oxygen atoms in total. The van der Waals surface area contributed by atoms with Crippen LogP contribution < -0.4 is 5.32 Å². The predicted octanol–water partition coefficient (Wildman–Crippen LogP) is 2.63. The number of hydrogen-bond acceptors (Lipinski definition) is 3. The number of hydrogen-bond donors (Lipinski definition) is 2. The van der Waals surface area contributed by atoms with Gasteiger partial charge in [-0.05, 0) is 24.2 Å². The molecule has 114 valence electrons. The van der Waals surface area contributed by atoms with E-state index in [-0.39, 0.29) is 0 Å². The van der Waals surface area contributed by atoms with E-state index in [2.05, 4.69) is 28.2 Å². The van der Waals surface area contributed by atoms with Crippen molar-refractivity contribution in [3.05, 3.63) is 35.0 Å². The second-order valence-corrected chi connectivity index (χ2v) is 5.96. The third kappa shape index (κ3) is 3.58. The van der Waals surface area contributed by atoms with Gasteiger partial charge in [0.1, 0.15) is 0 Å². The Labute approximate surface area is 130 Å². The average Bonchev–Trinajstić information content (AvgIpc) is 2.90. The highest BCUT2D eigenvalue weighted by Gasteiger charge is 2.18. The molecule has 2 N–H and O–H groups in total. The zero-order valence-electron chi connectivity index (χ0n) is 12.4. The summed E-state index contributed by atoms with van der Waals surface area (Å²) in [7, 11) is 0. The standard InChI is InChI=1S/C16H22ClN3O/c1-2-20-5-6-21-14(11-20)10-18-8-12-9-19-16-7-13(17)3-4-15(12)16/h3-4,7,9,14,18-19H,2,5-6,8,10-11H2,1H3. The monoisotopic (exact) mass is 307 g/mol. The number of benzene rings is 1. The minimum Gasteiger partial charge on any atom is -0.374 e. The topological polar surface area (TPSA) is 40.3 Å². The Kier molecular flexibility index (Phi) is 4.80. The maximum Gasteiger partial charge on any atom is 0.0826 e. The predicted molar refractivity (Wildman–Crippen MR) is 86.9 cm³/mol. The lowest BCUT2D eigenvalue weighted by molar-refractivity contribution is -0.0253. The summed E-state index contributed by atoms with van der Waals surface area (Å²) >= 11 is 6.00. The van der Waals surface area contributed by atoms with Crippen molar-refractivity contribution < 1.29 is 4.74 Å². The summed E-state index contributed by atoms with van der Waals surface area (Å²) in [6.07, 6.45) is 2.34. The summed E-state index contributed by atoms with van der Waals surface area (Å²) in [4.78, 5) is 5.70. The summed E-state index contributed by atoms with van der Waals surface area (Å²) in [6.45, 7) is 7.94. The van der Waals surface area contributed by atoms with Crippen molar-refractivity contribution in [2.75, 3.05) is 32.8 Å². The van der Waals surface area contributed by atoms with E-state index in [1.165, 1.54) is 10.9 Å². The lowest BCUT2D eigenvalue weighted by atomic mass is 10.1. The molecule has 0 spiro atoms. The molecule has 0 bridgehead atoms. The Hall–Kier alpha value is -1.07. The van der Waals surface area contributed by atoms with Gasteiger partial charge in [0.05, 0.1) is 12.7 Å². The van der Waals surface area contributed by atoms with Crippen molar-refractivity contribution in [1.29, 1.82) is 0 Å². The molecule has 2 aromatic rings. The Balaban J connectivity index is 1.54. The smallest absolute Gasteiger partial charge is 0.0826 e. The highest BCUT2D eigenvalue weighted by Crippen LogP contribution is 2.21. The molecule has 5 heteroatoms. The molecule has 0 radical (unpaired) electrons. The van der Waals surface area contributed by atoms with Gasteiger partial charge < -0.3 is 15.0 Å². The maximum atomic E-state index is 6.00. The molecule has 1 unspecified atom stereocenters. The molecular weight excluding hydrogens is 286 g/mol.